The zero-order valence-corrected chi connectivity index (χ0v) is 15.3. The van der Waals surface area contributed by atoms with Crippen LogP contribution in [0.1, 0.15) is 37.3 Å². The van der Waals surface area contributed by atoms with E-state index in [0.717, 1.165) is 30.4 Å². The van der Waals surface area contributed by atoms with Gasteiger partial charge in [-0.05, 0) is 41.2 Å². The van der Waals surface area contributed by atoms with Crippen LogP contribution < -0.4 is 0 Å². The zero-order valence-electron chi connectivity index (χ0n) is 15.3. The molecular formula is C24H21F2N. The Morgan fingerprint density at radius 2 is 1.56 bits per heavy atom. The van der Waals surface area contributed by atoms with Gasteiger partial charge in [0.25, 0.3) is 0 Å². The lowest BCUT2D eigenvalue weighted by atomic mass is 9.88. The van der Waals surface area contributed by atoms with Gasteiger partial charge in [0.05, 0.1) is 0 Å². The fourth-order valence-electron chi connectivity index (χ4n) is 3.39. The zero-order chi connectivity index (χ0) is 19.2. The predicted molar refractivity (Wildman–Crippen MR) is 105 cm³/mol. The van der Waals surface area contributed by atoms with E-state index in [4.69, 9.17) is 0 Å². The van der Waals surface area contributed by atoms with Crippen LogP contribution in [0.2, 0.25) is 0 Å². The Bertz CT molecular complexity index is 972. The normalized spacial score (nSPS) is 10.6. The van der Waals surface area contributed by atoms with E-state index in [9.17, 15) is 9.65 Å². The lowest BCUT2D eigenvalue weighted by molar-refractivity contribution is 0.574. The Kier molecular flexibility index (Phi) is 5.98. The number of nitriles is 1. The lowest BCUT2D eigenvalue weighted by Crippen LogP contribution is -2.02. The van der Waals surface area contributed by atoms with Gasteiger partial charge in [0, 0.05) is 5.56 Å². The average molecular weight is 361 g/mol. The molecule has 0 heterocycles. The van der Waals surface area contributed by atoms with Crippen LogP contribution in [0.4, 0.5) is 8.78 Å². The minimum atomic E-state index is -0.789. The second kappa shape index (κ2) is 8.60. The monoisotopic (exact) mass is 361 g/mol. The average Bonchev–Trinajstić information content (AvgIpc) is 2.69. The molecule has 136 valence electrons. The third kappa shape index (κ3) is 3.90. The van der Waals surface area contributed by atoms with Gasteiger partial charge in [-0.1, -0.05) is 74.4 Å². The van der Waals surface area contributed by atoms with E-state index >= 15 is 4.39 Å². The Morgan fingerprint density at radius 1 is 0.889 bits per heavy atom. The summed E-state index contributed by atoms with van der Waals surface area (Å²) in [5, 5.41) is 9.23. The van der Waals surface area contributed by atoms with Crippen LogP contribution in [0, 0.1) is 23.0 Å². The number of halogens is 2. The third-order valence-electron chi connectivity index (χ3n) is 4.74. The molecule has 3 aromatic carbocycles. The summed E-state index contributed by atoms with van der Waals surface area (Å²) in [7, 11) is 0. The number of unbranched alkanes of at least 4 members (excludes halogenated alkanes) is 2. The molecular weight excluding hydrogens is 340 g/mol. The largest absolute Gasteiger partial charge is 0.205 e. The van der Waals surface area contributed by atoms with Crippen molar-refractivity contribution in [2.75, 3.05) is 0 Å². The van der Waals surface area contributed by atoms with Crippen LogP contribution in [0.3, 0.4) is 0 Å². The summed E-state index contributed by atoms with van der Waals surface area (Å²) in [6.07, 6.45) is 3.44. The molecule has 0 saturated heterocycles. The summed E-state index contributed by atoms with van der Waals surface area (Å²) in [6, 6.07) is 20.2. The summed E-state index contributed by atoms with van der Waals surface area (Å²) in [6.45, 7) is 2.09. The minimum Gasteiger partial charge on any atom is -0.205 e. The fourth-order valence-corrected chi connectivity index (χ4v) is 3.39. The maximum Gasteiger partial charge on any atom is 0.152 e. The summed E-state index contributed by atoms with van der Waals surface area (Å²) in [5.74, 6) is -1.56. The molecule has 0 saturated carbocycles. The smallest absolute Gasteiger partial charge is 0.152 e. The maximum atomic E-state index is 15.2. The first-order valence-electron chi connectivity index (χ1n) is 9.23. The van der Waals surface area contributed by atoms with Gasteiger partial charge in [-0.15, -0.1) is 0 Å². The molecule has 0 aliphatic carbocycles. The van der Waals surface area contributed by atoms with E-state index in [-0.39, 0.29) is 0 Å². The molecule has 0 fully saturated rings. The number of hydrogen-bond acceptors (Lipinski definition) is 1. The van der Waals surface area contributed by atoms with Crippen LogP contribution in [0.5, 0.6) is 0 Å². The molecule has 0 unspecified atom stereocenters. The molecule has 0 aliphatic rings. The highest BCUT2D eigenvalue weighted by atomic mass is 19.1. The molecule has 0 aromatic heterocycles. The molecule has 3 rings (SSSR count). The van der Waals surface area contributed by atoms with E-state index in [1.54, 1.807) is 6.07 Å². The molecule has 0 aliphatic heterocycles. The van der Waals surface area contributed by atoms with Crippen LogP contribution in [0.25, 0.3) is 22.3 Å². The second-order valence-electron chi connectivity index (χ2n) is 6.56. The summed E-state index contributed by atoms with van der Waals surface area (Å²) < 4.78 is 29.5. The molecule has 3 aromatic rings. The Hall–Kier alpha value is -2.99. The third-order valence-corrected chi connectivity index (χ3v) is 4.74. The van der Waals surface area contributed by atoms with Crippen molar-refractivity contribution in [1.29, 1.82) is 5.26 Å². The molecule has 3 heteroatoms. The van der Waals surface area contributed by atoms with Gasteiger partial charge in [0.2, 0.25) is 0 Å². The Labute approximate surface area is 158 Å². The first kappa shape index (κ1) is 18.8. The van der Waals surface area contributed by atoms with Crippen molar-refractivity contribution in [3.8, 4) is 28.3 Å². The number of hydrogen-bond donors (Lipinski definition) is 0. The molecule has 0 radical (unpaired) electrons. The molecule has 0 atom stereocenters. The summed E-state index contributed by atoms with van der Waals surface area (Å²) >= 11 is 0. The maximum absolute atomic E-state index is 15.2. The van der Waals surface area contributed by atoms with Gasteiger partial charge >= 0.3 is 0 Å². The Morgan fingerprint density at radius 3 is 2.22 bits per heavy atom. The first-order chi connectivity index (χ1) is 13.2. The van der Waals surface area contributed by atoms with Crippen molar-refractivity contribution in [3.63, 3.8) is 0 Å². The summed E-state index contributed by atoms with van der Waals surface area (Å²) in [4.78, 5) is 0. The number of rotatable bonds is 6. The molecule has 0 spiro atoms. The van der Waals surface area contributed by atoms with Gasteiger partial charge in [-0.2, -0.15) is 5.26 Å². The van der Waals surface area contributed by atoms with Crippen LogP contribution in [-0.4, -0.2) is 0 Å². The van der Waals surface area contributed by atoms with E-state index in [1.165, 1.54) is 6.07 Å². The highest BCUT2D eigenvalue weighted by Gasteiger charge is 2.21. The topological polar surface area (TPSA) is 23.8 Å². The van der Waals surface area contributed by atoms with Gasteiger partial charge in [-0.3, -0.25) is 0 Å². The van der Waals surface area contributed by atoms with Gasteiger partial charge < -0.3 is 0 Å². The molecule has 1 nitrogen and oxygen atoms in total. The standard InChI is InChI=1S/C24H21F2N/c1-2-3-5-12-18-15-22(25)21(16-27)24(26)23(18)20-14-9-8-13-19(20)17-10-6-4-7-11-17/h4,6-11,13-15H,2-3,5,12H2,1H3. The highest BCUT2D eigenvalue weighted by molar-refractivity contribution is 5.85. The quantitative estimate of drug-likeness (QED) is 0.438. The molecule has 0 bridgehead atoms. The first-order valence-corrected chi connectivity index (χ1v) is 9.23. The predicted octanol–water partition coefficient (Wildman–Crippen LogP) is 6.90. The molecule has 27 heavy (non-hydrogen) atoms. The second-order valence-corrected chi connectivity index (χ2v) is 6.56. The number of aryl methyl sites for hydroxylation is 1. The van der Waals surface area contributed by atoms with Crippen molar-refractivity contribution in [3.05, 3.63) is 83.4 Å². The molecule has 0 amide bonds. The van der Waals surface area contributed by atoms with Crippen molar-refractivity contribution in [1.82, 2.24) is 0 Å². The van der Waals surface area contributed by atoms with Crippen LogP contribution in [-0.2, 0) is 6.42 Å². The van der Waals surface area contributed by atoms with Crippen molar-refractivity contribution in [2.45, 2.75) is 32.6 Å². The van der Waals surface area contributed by atoms with Gasteiger partial charge in [-0.25, -0.2) is 8.78 Å². The fraction of sp³-hybridized carbons (Fsp3) is 0.208. The van der Waals surface area contributed by atoms with Gasteiger partial charge in [0.1, 0.15) is 17.4 Å². The summed E-state index contributed by atoms with van der Waals surface area (Å²) in [5.41, 5.74) is 2.93. The SMILES string of the molecule is CCCCCc1cc(F)c(C#N)c(F)c1-c1ccccc1-c1ccccc1. The number of nitrogens with zero attached hydrogens (tertiary/aromatic N) is 1. The van der Waals surface area contributed by atoms with Crippen molar-refractivity contribution >= 4 is 0 Å². The van der Waals surface area contributed by atoms with Crippen LogP contribution >= 0.6 is 0 Å². The number of benzene rings is 3. The lowest BCUT2D eigenvalue weighted by Gasteiger charge is -2.16. The highest BCUT2D eigenvalue weighted by Crippen LogP contribution is 2.38. The van der Waals surface area contributed by atoms with Crippen LogP contribution in [0.15, 0.2) is 60.7 Å². The van der Waals surface area contributed by atoms with E-state index in [2.05, 4.69) is 6.92 Å². The Balaban J connectivity index is 2.23. The molecule has 0 N–H and O–H groups in total. The van der Waals surface area contributed by atoms with Crippen molar-refractivity contribution in [2.24, 2.45) is 0 Å². The minimum absolute atomic E-state index is 0.337. The van der Waals surface area contributed by atoms with E-state index in [1.807, 2.05) is 54.6 Å². The van der Waals surface area contributed by atoms with Gasteiger partial charge in [0.15, 0.2) is 5.82 Å². The van der Waals surface area contributed by atoms with E-state index in [0.29, 0.717) is 23.1 Å². The van der Waals surface area contributed by atoms with Crippen molar-refractivity contribution < 1.29 is 8.78 Å². The van der Waals surface area contributed by atoms with E-state index < -0.39 is 17.2 Å².